The van der Waals surface area contributed by atoms with Gasteiger partial charge in [0.1, 0.15) is 17.4 Å². The molecule has 4 rings (SSSR count). The number of hydrogen-bond donors (Lipinski definition) is 2. The van der Waals surface area contributed by atoms with Crippen LogP contribution in [0.15, 0.2) is 68.9 Å². The van der Waals surface area contributed by atoms with Crippen molar-refractivity contribution in [2.45, 2.75) is 32.9 Å². The number of nitrogen functional groups attached to an aromatic ring is 1. The predicted octanol–water partition coefficient (Wildman–Crippen LogP) is 2.68. The highest BCUT2D eigenvalue weighted by Crippen LogP contribution is 2.22. The molecule has 0 aliphatic heterocycles. The number of furan rings is 1. The number of hydrogen-bond acceptors (Lipinski definition) is 6. The Balaban J connectivity index is 1.78. The molecule has 0 saturated heterocycles. The third kappa shape index (κ3) is 4.53. The highest BCUT2D eigenvalue weighted by molar-refractivity contribution is 6.05. The first-order valence-electron chi connectivity index (χ1n) is 10.7. The van der Waals surface area contributed by atoms with Gasteiger partial charge < -0.3 is 10.2 Å². The summed E-state index contributed by atoms with van der Waals surface area (Å²) < 4.78 is 21.6. The van der Waals surface area contributed by atoms with E-state index in [0.717, 1.165) is 11.3 Å². The van der Waals surface area contributed by atoms with Crippen LogP contribution >= 0.6 is 0 Å². The van der Waals surface area contributed by atoms with Crippen molar-refractivity contribution in [1.29, 1.82) is 0 Å². The summed E-state index contributed by atoms with van der Waals surface area (Å²) in [5.41, 5.74) is 5.00. The number of aromatic nitrogens is 4. The Morgan fingerprint density at radius 2 is 2.06 bits per heavy atom. The van der Waals surface area contributed by atoms with E-state index >= 15 is 0 Å². The molecule has 0 aliphatic rings. The van der Waals surface area contributed by atoms with Crippen molar-refractivity contribution in [2.75, 3.05) is 10.6 Å². The number of carbonyl (C=O) groups excluding carboxylic acids is 1. The topological polar surface area (TPSA) is 132 Å². The number of anilines is 2. The van der Waals surface area contributed by atoms with Crippen LogP contribution in [0.5, 0.6) is 0 Å². The molecule has 0 fully saturated rings. The van der Waals surface area contributed by atoms with Gasteiger partial charge in [-0.3, -0.25) is 24.0 Å². The second-order valence-electron chi connectivity index (χ2n) is 7.59. The van der Waals surface area contributed by atoms with Crippen LogP contribution in [0.3, 0.4) is 0 Å². The number of nitrogens with one attached hydrogen (secondary N) is 1. The van der Waals surface area contributed by atoms with Crippen LogP contribution in [0.1, 0.15) is 36.0 Å². The third-order valence-corrected chi connectivity index (χ3v) is 5.24. The summed E-state index contributed by atoms with van der Waals surface area (Å²) >= 11 is 0. The van der Waals surface area contributed by atoms with Gasteiger partial charge in [-0.15, -0.1) is 0 Å². The molecule has 3 heterocycles. The van der Waals surface area contributed by atoms with Crippen molar-refractivity contribution < 1.29 is 13.6 Å². The number of aromatic amines is 1. The first kappa shape index (κ1) is 22.8. The van der Waals surface area contributed by atoms with Crippen molar-refractivity contribution in [3.63, 3.8) is 0 Å². The summed E-state index contributed by atoms with van der Waals surface area (Å²) in [6.07, 6.45) is 4.39. The highest BCUT2D eigenvalue weighted by atomic mass is 19.1. The number of amides is 1. The van der Waals surface area contributed by atoms with Crippen LogP contribution in [-0.2, 0) is 13.1 Å². The van der Waals surface area contributed by atoms with Gasteiger partial charge in [0.15, 0.2) is 11.4 Å². The molecule has 1 aromatic carbocycles. The second kappa shape index (κ2) is 9.61. The van der Waals surface area contributed by atoms with Crippen LogP contribution in [0.4, 0.5) is 15.9 Å². The van der Waals surface area contributed by atoms with Gasteiger partial charge in [0.05, 0.1) is 18.5 Å². The number of rotatable bonds is 8. The lowest BCUT2D eigenvalue weighted by Crippen LogP contribution is -2.41. The fourth-order valence-corrected chi connectivity index (χ4v) is 3.53. The van der Waals surface area contributed by atoms with Gasteiger partial charge in [-0.2, -0.15) is 5.10 Å². The maximum atomic E-state index is 13.6. The zero-order valence-corrected chi connectivity index (χ0v) is 18.4. The molecule has 0 aliphatic carbocycles. The predicted molar refractivity (Wildman–Crippen MR) is 123 cm³/mol. The maximum Gasteiger partial charge on any atom is 0.330 e. The first-order chi connectivity index (χ1) is 16.4. The van der Waals surface area contributed by atoms with Crippen LogP contribution in [0.25, 0.3) is 5.69 Å². The van der Waals surface area contributed by atoms with Crippen molar-refractivity contribution >= 4 is 17.4 Å². The van der Waals surface area contributed by atoms with Gasteiger partial charge in [0.25, 0.3) is 11.5 Å². The minimum absolute atomic E-state index is 0.0130. The van der Waals surface area contributed by atoms with E-state index in [4.69, 9.17) is 10.2 Å². The molecule has 0 spiro atoms. The van der Waals surface area contributed by atoms with E-state index < -0.39 is 23.0 Å². The normalized spacial score (nSPS) is 11.0. The Morgan fingerprint density at radius 3 is 2.76 bits per heavy atom. The van der Waals surface area contributed by atoms with Gasteiger partial charge >= 0.3 is 5.69 Å². The molecule has 10 nitrogen and oxygen atoms in total. The van der Waals surface area contributed by atoms with Crippen LogP contribution < -0.4 is 21.9 Å². The van der Waals surface area contributed by atoms with E-state index in [1.54, 1.807) is 18.2 Å². The molecule has 176 valence electrons. The molecule has 0 bridgehead atoms. The van der Waals surface area contributed by atoms with E-state index in [2.05, 4.69) is 10.1 Å². The van der Waals surface area contributed by atoms with Crippen LogP contribution in [0.2, 0.25) is 0 Å². The van der Waals surface area contributed by atoms with Gasteiger partial charge in [0, 0.05) is 12.7 Å². The Kier molecular flexibility index (Phi) is 6.44. The lowest BCUT2D eigenvalue weighted by Gasteiger charge is -2.23. The Bertz CT molecular complexity index is 1420. The van der Waals surface area contributed by atoms with Gasteiger partial charge in [-0.05, 0) is 42.8 Å². The summed E-state index contributed by atoms with van der Waals surface area (Å²) in [5, 5.41) is 4.25. The number of nitrogens with zero attached hydrogens (tertiary/aromatic N) is 4. The highest BCUT2D eigenvalue weighted by Gasteiger charge is 2.28. The van der Waals surface area contributed by atoms with E-state index in [1.807, 2.05) is 6.92 Å². The molecule has 11 heteroatoms. The molecule has 3 N–H and O–H groups in total. The molecule has 0 saturated carbocycles. The lowest BCUT2D eigenvalue weighted by atomic mass is 10.2. The Morgan fingerprint density at radius 1 is 1.24 bits per heavy atom. The van der Waals surface area contributed by atoms with E-state index in [-0.39, 0.29) is 30.3 Å². The molecule has 4 aromatic rings. The Hall–Kier alpha value is -4.41. The Labute approximate surface area is 193 Å². The quantitative estimate of drug-likeness (QED) is 0.410. The standard InChI is InChI=1S/C23H23FN6O4/c1-2-3-10-28-20(25)19(21(31)26-23(28)33)29(14-17-8-5-12-34-17)22(32)18-9-11-30(27-18)16-7-4-6-15(24)13-16/h4-9,11-13H,2-3,10,14,25H2,1H3,(H,26,31,33). The molecule has 0 atom stereocenters. The van der Waals surface area contributed by atoms with Gasteiger partial charge in [0.2, 0.25) is 0 Å². The fourth-order valence-electron chi connectivity index (χ4n) is 3.53. The van der Waals surface area contributed by atoms with E-state index in [0.29, 0.717) is 17.9 Å². The number of nitrogens with two attached hydrogens (primary N) is 1. The summed E-state index contributed by atoms with van der Waals surface area (Å²) in [6, 6.07) is 10.5. The van der Waals surface area contributed by atoms with Gasteiger partial charge in [-0.1, -0.05) is 19.4 Å². The lowest BCUT2D eigenvalue weighted by molar-refractivity contribution is 0.0977. The number of halogens is 1. The molecule has 1 amide bonds. The second-order valence-corrected chi connectivity index (χ2v) is 7.59. The largest absolute Gasteiger partial charge is 0.467 e. The SMILES string of the molecule is CCCCn1c(N)c(N(Cc2ccco2)C(=O)c2ccn(-c3cccc(F)c3)n2)c(=O)[nH]c1=O. The van der Waals surface area contributed by atoms with Crippen LogP contribution in [-0.4, -0.2) is 25.2 Å². The molecule has 34 heavy (non-hydrogen) atoms. The first-order valence-corrected chi connectivity index (χ1v) is 10.7. The summed E-state index contributed by atoms with van der Waals surface area (Å²) in [6.45, 7) is 2.11. The zero-order chi connectivity index (χ0) is 24.2. The summed E-state index contributed by atoms with van der Waals surface area (Å²) in [5.74, 6) is -0.840. The number of unbranched alkanes of at least 4 members (excludes halogenated alkanes) is 1. The maximum absolute atomic E-state index is 13.6. The van der Waals surface area contributed by atoms with Crippen molar-refractivity contribution in [1.82, 2.24) is 19.3 Å². The van der Waals surface area contributed by atoms with Crippen LogP contribution in [0, 0.1) is 5.82 Å². The number of carbonyl (C=O) groups is 1. The number of H-pyrrole nitrogens is 1. The molecular formula is C23H23FN6O4. The average Bonchev–Trinajstić information content (AvgIpc) is 3.50. The van der Waals surface area contributed by atoms with Crippen molar-refractivity contribution in [3.8, 4) is 5.69 Å². The van der Waals surface area contributed by atoms with E-state index in [1.165, 1.54) is 46.0 Å². The fraction of sp³-hybridized carbons (Fsp3) is 0.217. The van der Waals surface area contributed by atoms with Crippen molar-refractivity contribution in [3.05, 3.63) is 93.0 Å². The molecule has 3 aromatic heterocycles. The molecule has 0 unspecified atom stereocenters. The minimum Gasteiger partial charge on any atom is -0.467 e. The van der Waals surface area contributed by atoms with Crippen molar-refractivity contribution in [2.24, 2.45) is 0 Å². The monoisotopic (exact) mass is 466 g/mol. The average molecular weight is 466 g/mol. The molecule has 0 radical (unpaired) electrons. The number of benzene rings is 1. The smallest absolute Gasteiger partial charge is 0.330 e. The zero-order valence-electron chi connectivity index (χ0n) is 18.4. The summed E-state index contributed by atoms with van der Waals surface area (Å²) in [7, 11) is 0. The van der Waals surface area contributed by atoms with Gasteiger partial charge in [-0.25, -0.2) is 13.9 Å². The third-order valence-electron chi connectivity index (χ3n) is 5.24. The minimum atomic E-state index is -0.806. The summed E-state index contributed by atoms with van der Waals surface area (Å²) in [4.78, 5) is 42.1. The van der Waals surface area contributed by atoms with E-state index in [9.17, 15) is 18.8 Å². The molecular weight excluding hydrogens is 443 g/mol.